The lowest BCUT2D eigenvalue weighted by atomic mass is 9.31. The second-order valence-electron chi connectivity index (χ2n) is 20.4. The maximum atomic E-state index is 2.69. The molecule has 2 aliphatic heterocycles. The first-order valence-corrected chi connectivity index (χ1v) is 24.3. The van der Waals surface area contributed by atoms with Crippen molar-refractivity contribution in [1.82, 2.24) is 9.13 Å². The van der Waals surface area contributed by atoms with Gasteiger partial charge in [-0.05, 0) is 137 Å². The summed E-state index contributed by atoms with van der Waals surface area (Å²) in [5.74, 6) is 0. The molecule has 318 valence electrons. The molecule has 0 atom stereocenters. The fraction of sp³-hybridized carbons (Fsp3) is 0.0938. The molecular formula is C64H46B2N2. The van der Waals surface area contributed by atoms with Crippen molar-refractivity contribution in [3.8, 4) is 11.4 Å². The van der Waals surface area contributed by atoms with Gasteiger partial charge in [-0.1, -0.05) is 184 Å². The van der Waals surface area contributed by atoms with Crippen molar-refractivity contribution in [1.29, 1.82) is 0 Å². The van der Waals surface area contributed by atoms with Crippen LogP contribution in [0.3, 0.4) is 0 Å². The Hall–Kier alpha value is -7.81. The van der Waals surface area contributed by atoms with Crippen molar-refractivity contribution in [2.45, 2.75) is 41.5 Å². The van der Waals surface area contributed by atoms with Gasteiger partial charge in [0.15, 0.2) is 0 Å². The van der Waals surface area contributed by atoms with Crippen LogP contribution >= 0.6 is 0 Å². The van der Waals surface area contributed by atoms with Crippen LogP contribution in [0.4, 0.5) is 0 Å². The van der Waals surface area contributed by atoms with Crippen LogP contribution in [-0.4, -0.2) is 22.6 Å². The van der Waals surface area contributed by atoms with Crippen LogP contribution in [0.2, 0.25) is 0 Å². The highest BCUT2D eigenvalue weighted by Crippen LogP contribution is 2.43. The summed E-state index contributed by atoms with van der Waals surface area (Å²) in [5.41, 5.74) is 24.0. The van der Waals surface area contributed by atoms with Crippen LogP contribution in [0.15, 0.2) is 170 Å². The molecule has 4 heteroatoms. The van der Waals surface area contributed by atoms with E-state index in [0.29, 0.717) is 0 Å². The minimum absolute atomic E-state index is 0.00142. The molecule has 15 rings (SSSR count). The minimum Gasteiger partial charge on any atom is -0.310 e. The van der Waals surface area contributed by atoms with Crippen LogP contribution in [0.5, 0.6) is 0 Å². The Morgan fingerprint density at radius 2 is 0.662 bits per heavy atom. The van der Waals surface area contributed by atoms with E-state index in [4.69, 9.17) is 0 Å². The van der Waals surface area contributed by atoms with E-state index in [1.807, 2.05) is 0 Å². The molecule has 13 aromatic rings. The Bertz CT molecular complexity index is 4140. The van der Waals surface area contributed by atoms with Crippen LogP contribution in [-0.2, 0) is 0 Å². The normalized spacial score (nSPS) is 13.1. The predicted molar refractivity (Wildman–Crippen MR) is 296 cm³/mol. The molecule has 0 aliphatic carbocycles. The quantitative estimate of drug-likeness (QED) is 0.153. The summed E-state index contributed by atoms with van der Waals surface area (Å²) in [6.07, 6.45) is 0. The highest BCUT2D eigenvalue weighted by molar-refractivity contribution is 7.01. The zero-order valence-electron chi connectivity index (χ0n) is 39.2. The second-order valence-corrected chi connectivity index (χ2v) is 20.4. The number of hydrogen-bond donors (Lipinski definition) is 0. The SMILES string of the molecule is Cc1cc(C)c(B2c3cc4c(cc3-n3c5cc6ccccc6cc5c5c6ccccc6cc2c53)-n2c3cc5ccccc5cc3c3c5ccccc5cc(c32)B4c2c(C)cc(C)cc2C)c(C)c1. The average Bonchev–Trinajstić information content (AvgIpc) is 3.84. The molecule has 2 aliphatic rings. The lowest BCUT2D eigenvalue weighted by molar-refractivity contribution is 1.15. The first-order chi connectivity index (χ1) is 33.2. The maximum Gasteiger partial charge on any atom is 0.247 e. The molecule has 0 spiro atoms. The third kappa shape index (κ3) is 4.94. The number of hydrogen-bond acceptors (Lipinski definition) is 0. The summed E-state index contributed by atoms with van der Waals surface area (Å²) >= 11 is 0. The highest BCUT2D eigenvalue weighted by Gasteiger charge is 2.42. The fourth-order valence-electron chi connectivity index (χ4n) is 13.9. The lowest BCUT2D eigenvalue weighted by Gasteiger charge is -2.34. The van der Waals surface area contributed by atoms with E-state index in [1.165, 1.54) is 164 Å². The Morgan fingerprint density at radius 3 is 1.06 bits per heavy atom. The number of rotatable bonds is 2. The molecule has 2 nitrogen and oxygen atoms in total. The summed E-state index contributed by atoms with van der Waals surface area (Å²) in [5, 5.41) is 15.5. The second kappa shape index (κ2) is 13.4. The predicted octanol–water partition coefficient (Wildman–Crippen LogP) is 12.0. The van der Waals surface area contributed by atoms with E-state index in [1.54, 1.807) is 0 Å². The Balaban J connectivity index is 1.19. The standard InChI is InChI=1S/C64H46B2N2/c1-35-23-37(3)61(38(4)24-35)65-51-33-52-58(34-57(51)67-55-31-43-17-9-7-15-41(43)27-49(55)59-47-21-13-11-19-45(47)29-53(65)63(59)67)68-56-32-44-18-10-8-16-42(44)28-50(56)60-48-22-14-12-20-46(48)30-54(64(60)68)66(52)62-39(5)25-36(2)26-40(62)6/h7-34H,1-6H3. The Labute approximate surface area is 396 Å². The zero-order valence-corrected chi connectivity index (χ0v) is 39.2. The van der Waals surface area contributed by atoms with Gasteiger partial charge in [-0.15, -0.1) is 0 Å². The van der Waals surface area contributed by atoms with Crippen LogP contribution in [0.25, 0.3) is 98.1 Å². The van der Waals surface area contributed by atoms with Gasteiger partial charge in [-0.25, -0.2) is 0 Å². The van der Waals surface area contributed by atoms with E-state index in [9.17, 15) is 0 Å². The summed E-state index contributed by atoms with van der Waals surface area (Å²) in [4.78, 5) is 0. The van der Waals surface area contributed by atoms with Crippen LogP contribution < -0.4 is 32.8 Å². The average molecular weight is 865 g/mol. The van der Waals surface area contributed by atoms with Crippen LogP contribution in [0, 0.1) is 41.5 Å². The molecular weight excluding hydrogens is 818 g/mol. The topological polar surface area (TPSA) is 9.86 Å². The molecule has 0 radical (unpaired) electrons. The van der Waals surface area contributed by atoms with E-state index in [2.05, 4.69) is 221 Å². The fourth-order valence-corrected chi connectivity index (χ4v) is 13.9. The molecule has 0 bridgehead atoms. The number of benzene rings is 11. The minimum atomic E-state index is -0.00142. The lowest BCUT2D eigenvalue weighted by Crippen LogP contribution is -2.62. The number of aryl methyl sites for hydroxylation is 6. The van der Waals surface area contributed by atoms with Gasteiger partial charge in [-0.3, -0.25) is 0 Å². The molecule has 11 aromatic carbocycles. The molecule has 0 unspecified atom stereocenters. The highest BCUT2D eigenvalue weighted by atomic mass is 15.0. The van der Waals surface area contributed by atoms with E-state index in [-0.39, 0.29) is 13.4 Å². The molecule has 0 saturated heterocycles. The first-order valence-electron chi connectivity index (χ1n) is 24.3. The number of nitrogens with zero attached hydrogens (tertiary/aromatic N) is 2. The van der Waals surface area contributed by atoms with Crippen LogP contribution in [0.1, 0.15) is 33.4 Å². The Morgan fingerprint density at radius 1 is 0.309 bits per heavy atom. The molecule has 68 heavy (non-hydrogen) atoms. The zero-order chi connectivity index (χ0) is 45.4. The summed E-state index contributed by atoms with van der Waals surface area (Å²) in [7, 11) is 0. The van der Waals surface area contributed by atoms with Crippen molar-refractivity contribution >= 4 is 133 Å². The smallest absolute Gasteiger partial charge is 0.247 e. The van der Waals surface area contributed by atoms with E-state index >= 15 is 0 Å². The van der Waals surface area contributed by atoms with Gasteiger partial charge in [0, 0.05) is 32.9 Å². The molecule has 0 amide bonds. The summed E-state index contributed by atoms with van der Waals surface area (Å²) < 4.78 is 5.35. The van der Waals surface area contributed by atoms with E-state index < -0.39 is 0 Å². The van der Waals surface area contributed by atoms with Crippen molar-refractivity contribution < 1.29 is 0 Å². The van der Waals surface area contributed by atoms with E-state index in [0.717, 1.165) is 0 Å². The van der Waals surface area contributed by atoms with Crippen molar-refractivity contribution in [2.24, 2.45) is 0 Å². The van der Waals surface area contributed by atoms with Gasteiger partial charge in [0.25, 0.3) is 0 Å². The summed E-state index contributed by atoms with van der Waals surface area (Å²) in [6, 6.07) is 65.9. The molecule has 0 saturated carbocycles. The van der Waals surface area contributed by atoms with Gasteiger partial charge >= 0.3 is 0 Å². The van der Waals surface area contributed by atoms with Gasteiger partial charge in [0.05, 0.1) is 22.1 Å². The molecule has 4 heterocycles. The largest absolute Gasteiger partial charge is 0.310 e. The van der Waals surface area contributed by atoms with Crippen molar-refractivity contribution in [3.63, 3.8) is 0 Å². The number of fused-ring (bicyclic) bond motifs is 16. The maximum absolute atomic E-state index is 2.69. The Kier molecular flexibility index (Phi) is 7.56. The molecule has 2 aromatic heterocycles. The summed E-state index contributed by atoms with van der Waals surface area (Å²) in [6.45, 7) is 13.9. The van der Waals surface area contributed by atoms with Gasteiger partial charge in [0.1, 0.15) is 0 Å². The van der Waals surface area contributed by atoms with Gasteiger partial charge in [0.2, 0.25) is 13.4 Å². The monoisotopic (exact) mass is 864 g/mol. The third-order valence-corrected chi connectivity index (χ3v) is 16.3. The molecule has 0 fully saturated rings. The van der Waals surface area contributed by atoms with Crippen molar-refractivity contribution in [3.05, 3.63) is 203 Å². The van der Waals surface area contributed by atoms with Gasteiger partial charge < -0.3 is 9.13 Å². The number of aromatic nitrogens is 2. The van der Waals surface area contributed by atoms with Crippen molar-refractivity contribution in [2.75, 3.05) is 0 Å². The third-order valence-electron chi connectivity index (χ3n) is 16.3. The van der Waals surface area contributed by atoms with Gasteiger partial charge in [-0.2, -0.15) is 0 Å². The molecule has 0 N–H and O–H groups in total. The first kappa shape index (κ1) is 38.3.